The first-order valence-corrected chi connectivity index (χ1v) is 9.04. The topological polar surface area (TPSA) is 9.23 Å². The molecule has 0 heterocycles. The van der Waals surface area contributed by atoms with Crippen molar-refractivity contribution in [2.24, 2.45) is 0 Å². The van der Waals surface area contributed by atoms with Crippen LogP contribution in [0.2, 0.25) is 0 Å². The van der Waals surface area contributed by atoms with E-state index in [1.807, 2.05) is 0 Å². The molecule has 1 aromatic carbocycles. The van der Waals surface area contributed by atoms with Crippen molar-refractivity contribution < 1.29 is 32.3 Å². The van der Waals surface area contributed by atoms with Crippen LogP contribution in [-0.4, -0.2) is 0 Å². The van der Waals surface area contributed by atoms with Crippen LogP contribution in [-0.2, 0) is 30.4 Å². The van der Waals surface area contributed by atoms with Gasteiger partial charge in [-0.1, -0.05) is 0 Å². The van der Waals surface area contributed by atoms with Crippen molar-refractivity contribution in [1.82, 2.24) is 0 Å². The molecule has 0 aromatic heterocycles. The van der Waals surface area contributed by atoms with Gasteiger partial charge in [0, 0.05) is 0 Å². The molecule has 0 fully saturated rings. The summed E-state index contributed by atoms with van der Waals surface area (Å²) in [5.41, 5.74) is 2.85. The second kappa shape index (κ2) is 8.26. The summed E-state index contributed by atoms with van der Waals surface area (Å²) < 4.78 is 7.89. The molecular formula is C19H26F2OTi. The fourth-order valence-electron chi connectivity index (χ4n) is 2.47. The number of halogens is 2. The number of hydrogen-bond donors (Lipinski definition) is 0. The second-order valence-electron chi connectivity index (χ2n) is 7.71. The first-order valence-electron chi connectivity index (χ1n) is 7.62. The summed E-state index contributed by atoms with van der Waals surface area (Å²) >= 11 is -0.535. The Morgan fingerprint density at radius 3 is 1.83 bits per heavy atom. The van der Waals surface area contributed by atoms with Crippen LogP contribution >= 0.6 is 0 Å². The van der Waals surface area contributed by atoms with Crippen LogP contribution < -0.4 is 12.7 Å². The zero-order chi connectivity index (χ0) is 15.7. The van der Waals surface area contributed by atoms with Gasteiger partial charge in [0.2, 0.25) is 0 Å². The Kier molecular flexibility index (Phi) is 7.92. The Morgan fingerprint density at radius 2 is 1.43 bits per heavy atom. The molecular weight excluding hydrogens is 330 g/mol. The van der Waals surface area contributed by atoms with E-state index >= 15 is 0 Å². The van der Waals surface area contributed by atoms with E-state index in [-0.39, 0.29) is 20.2 Å². The van der Waals surface area contributed by atoms with E-state index in [1.54, 1.807) is 0 Å². The Hall–Kier alpha value is -0.926. The van der Waals surface area contributed by atoms with E-state index in [2.05, 4.69) is 78.0 Å². The summed E-state index contributed by atoms with van der Waals surface area (Å²) in [7, 11) is 0. The molecule has 23 heavy (non-hydrogen) atoms. The van der Waals surface area contributed by atoms with Crippen LogP contribution in [0.1, 0.15) is 59.1 Å². The Morgan fingerprint density at radius 1 is 0.913 bits per heavy atom. The summed E-state index contributed by atoms with van der Waals surface area (Å²) in [6.07, 6.45) is 7.64. The second-order valence-corrected chi connectivity index (χ2v) is 9.35. The molecule has 126 valence electrons. The number of hydrogen-bond acceptors (Lipinski definition) is 1. The molecule has 0 saturated carbocycles. The summed E-state index contributed by atoms with van der Waals surface area (Å²) in [6.45, 7) is 13.6. The molecule has 0 N–H and O–H groups in total. The summed E-state index contributed by atoms with van der Waals surface area (Å²) in [5, 5.41) is 0. The Bertz CT molecular complexity index is 546. The van der Waals surface area contributed by atoms with Crippen LogP contribution in [0.15, 0.2) is 40.3 Å². The first kappa shape index (κ1) is 22.1. The molecule has 2 rings (SSSR count). The van der Waals surface area contributed by atoms with Gasteiger partial charge in [0.25, 0.3) is 0 Å². The maximum absolute atomic E-state index is 6.42. The fraction of sp³-hybridized carbons (Fsp3) is 0.474. The molecule has 0 radical (unpaired) electrons. The van der Waals surface area contributed by atoms with Gasteiger partial charge in [-0.15, -0.1) is 0 Å². The molecule has 1 aromatic rings. The average molecular weight is 356 g/mol. The third-order valence-electron chi connectivity index (χ3n) is 3.69. The van der Waals surface area contributed by atoms with Gasteiger partial charge in [-0.3, -0.25) is 0 Å². The van der Waals surface area contributed by atoms with Crippen molar-refractivity contribution in [2.45, 2.75) is 58.8 Å². The van der Waals surface area contributed by atoms with Crippen molar-refractivity contribution in [2.75, 3.05) is 0 Å². The largest absolute Gasteiger partial charge is 1.00 e. The normalized spacial score (nSPS) is 13.6. The maximum Gasteiger partial charge on any atom is -1.00 e. The Labute approximate surface area is 148 Å². The van der Waals surface area contributed by atoms with E-state index in [4.69, 9.17) is 3.32 Å². The summed E-state index contributed by atoms with van der Waals surface area (Å²) in [5.74, 6) is 1.13. The molecule has 1 nitrogen and oxygen atoms in total. The van der Waals surface area contributed by atoms with Crippen LogP contribution in [0.3, 0.4) is 0 Å². The molecule has 1 aliphatic rings. The molecule has 0 saturated heterocycles. The van der Waals surface area contributed by atoms with Crippen molar-refractivity contribution in [3.8, 4) is 5.75 Å². The minimum absolute atomic E-state index is 0. The van der Waals surface area contributed by atoms with Crippen molar-refractivity contribution in [3.63, 3.8) is 0 Å². The quantitative estimate of drug-likeness (QED) is 0.665. The molecule has 0 unspecified atom stereocenters. The van der Waals surface area contributed by atoms with Gasteiger partial charge in [-0.25, -0.2) is 0 Å². The summed E-state index contributed by atoms with van der Waals surface area (Å²) in [4.78, 5) is 0. The zero-order valence-corrected chi connectivity index (χ0v) is 16.4. The molecule has 0 atom stereocenters. The van der Waals surface area contributed by atoms with E-state index in [9.17, 15) is 0 Å². The van der Waals surface area contributed by atoms with Crippen LogP contribution in [0, 0.1) is 0 Å². The van der Waals surface area contributed by atoms with Gasteiger partial charge in [-0.2, -0.15) is 0 Å². The predicted molar refractivity (Wildman–Crippen MR) is 86.3 cm³/mol. The molecule has 0 spiro atoms. The predicted octanol–water partition coefficient (Wildman–Crippen LogP) is -0.490. The molecule has 0 amide bonds. The average Bonchev–Trinajstić information content (AvgIpc) is 2.86. The number of benzene rings is 1. The van der Waals surface area contributed by atoms with Crippen molar-refractivity contribution >= 4 is 0 Å². The Balaban J connectivity index is 0.00000242. The first-order chi connectivity index (χ1) is 9.69. The SMILES string of the molecule is CC(C)(C)c1cccc(C(C)(C)C)c1[O][Ti+2][C]1=CC=CC1.[F-].[F-]. The minimum Gasteiger partial charge on any atom is -1.00 e. The maximum atomic E-state index is 6.42. The van der Waals surface area contributed by atoms with Crippen LogP contribution in [0.5, 0.6) is 5.75 Å². The zero-order valence-electron chi connectivity index (χ0n) is 14.8. The minimum atomic E-state index is -0.535. The molecule has 0 aliphatic heterocycles. The van der Waals surface area contributed by atoms with Crippen molar-refractivity contribution in [1.29, 1.82) is 0 Å². The van der Waals surface area contributed by atoms with Crippen LogP contribution in [0.4, 0.5) is 0 Å². The van der Waals surface area contributed by atoms with E-state index in [1.165, 1.54) is 15.0 Å². The van der Waals surface area contributed by atoms with Crippen molar-refractivity contribution in [3.05, 3.63) is 51.4 Å². The van der Waals surface area contributed by atoms with E-state index in [0.717, 1.165) is 12.2 Å². The van der Waals surface area contributed by atoms with Gasteiger partial charge < -0.3 is 9.41 Å². The van der Waals surface area contributed by atoms with Gasteiger partial charge in [0.1, 0.15) is 0 Å². The molecule has 4 heteroatoms. The number of rotatable bonds is 3. The van der Waals surface area contributed by atoms with Crippen LogP contribution in [0.25, 0.3) is 0 Å². The molecule has 0 bridgehead atoms. The fourth-order valence-corrected chi connectivity index (χ4v) is 3.75. The monoisotopic (exact) mass is 356 g/mol. The van der Waals surface area contributed by atoms with Gasteiger partial charge in [0.15, 0.2) is 0 Å². The third-order valence-corrected chi connectivity index (χ3v) is 5.15. The molecule has 1 aliphatic carbocycles. The summed E-state index contributed by atoms with van der Waals surface area (Å²) in [6, 6.07) is 6.61. The number of allylic oxidation sites excluding steroid dienone is 4. The van der Waals surface area contributed by atoms with Gasteiger partial charge >= 0.3 is 139 Å². The smallest absolute Gasteiger partial charge is 1.00 e. The number of para-hydroxylation sites is 1. The van der Waals surface area contributed by atoms with E-state index in [0.29, 0.717) is 0 Å². The van der Waals surface area contributed by atoms with E-state index < -0.39 is 19.5 Å². The standard InChI is InChI=1S/C14H22O.C5H5.2FH.Ti/c1-13(2,3)10-8-7-9-11(12(10)15)14(4,5)6;1-2-4-5-3-1;;;/h7-9,15H,1-6H3;1-3H,4H2;2*1H;/q;;;;+3/p-3. The third kappa shape index (κ3) is 5.58. The van der Waals surface area contributed by atoms with Gasteiger partial charge in [0.05, 0.1) is 0 Å². The van der Waals surface area contributed by atoms with Gasteiger partial charge in [-0.05, 0) is 0 Å².